The van der Waals surface area contributed by atoms with E-state index >= 15 is 28.8 Å². The molecule has 15 aromatic carbocycles. The second kappa shape index (κ2) is 29.0. The Bertz CT molecular complexity index is 6620. The van der Waals surface area contributed by atoms with Crippen molar-refractivity contribution in [1.82, 2.24) is 9.80 Å². The van der Waals surface area contributed by atoms with Crippen LogP contribution in [0.4, 0.5) is 0 Å². The minimum absolute atomic E-state index is 0.0260. The Morgan fingerprint density at radius 3 is 0.885 bits per heavy atom. The first-order chi connectivity index (χ1) is 59.1. The third-order valence-electron chi connectivity index (χ3n) is 22.8. The molecule has 122 heavy (non-hydrogen) atoms. The quantitative estimate of drug-likeness (QED) is 0.0153. The summed E-state index contributed by atoms with van der Waals surface area (Å²) in [6.45, 7) is 17.3. The average molecular weight is 1620 g/mol. The van der Waals surface area contributed by atoms with Crippen LogP contribution in [0.25, 0.3) is 87.0 Å². The number of hydrogen-bond acceptors (Lipinski definition) is 18. The van der Waals surface area contributed by atoms with Gasteiger partial charge in [-0.1, -0.05) is 84.9 Å². The number of carbonyl (C=O) groups is 6. The van der Waals surface area contributed by atoms with E-state index in [1.807, 2.05) is 177 Å². The molecular weight excluding hydrogens is 1540 g/mol. The molecule has 4 amide bonds. The number of imide groups is 2. The Morgan fingerprint density at radius 1 is 0.311 bits per heavy atom. The van der Waals surface area contributed by atoms with E-state index in [1.54, 1.807) is 109 Å². The molecule has 4 aliphatic rings. The Balaban J connectivity index is 0.851. The van der Waals surface area contributed by atoms with Gasteiger partial charge in [0.15, 0.2) is 12.1 Å². The van der Waals surface area contributed by atoms with Crippen molar-refractivity contribution in [2.24, 2.45) is 0 Å². The second-order valence-corrected chi connectivity index (χ2v) is 32.2. The van der Waals surface area contributed by atoms with E-state index in [0.29, 0.717) is 94.0 Å². The van der Waals surface area contributed by atoms with Crippen molar-refractivity contribution in [1.29, 1.82) is 0 Å². The summed E-state index contributed by atoms with van der Waals surface area (Å²) >= 11 is 0. The number of carbonyl (C=O) groups excluding carboxylic acids is 6. The van der Waals surface area contributed by atoms with Crippen LogP contribution in [0.2, 0.25) is 0 Å². The number of para-hydroxylation sites is 2. The molecule has 4 atom stereocenters. The number of esters is 2. The van der Waals surface area contributed by atoms with Crippen LogP contribution >= 0.6 is 0 Å². The predicted molar refractivity (Wildman–Crippen MR) is 460 cm³/mol. The minimum atomic E-state index is -1.82. The molecule has 6 heterocycles. The van der Waals surface area contributed by atoms with Crippen molar-refractivity contribution in [3.63, 3.8) is 0 Å². The van der Waals surface area contributed by atoms with Gasteiger partial charge in [-0.3, -0.25) is 29.0 Å². The van der Waals surface area contributed by atoms with Gasteiger partial charge in [-0.2, -0.15) is 0 Å². The van der Waals surface area contributed by atoms with Crippen molar-refractivity contribution < 1.29 is 85.0 Å². The predicted octanol–water partition coefficient (Wildman–Crippen LogP) is 22.6. The summed E-state index contributed by atoms with van der Waals surface area (Å²) in [5, 5.41) is 4.61. The fraction of sp³-hybridized carbons (Fsp3) is 0.157. The van der Waals surface area contributed by atoms with Crippen molar-refractivity contribution in [3.05, 3.63) is 308 Å². The molecule has 17 aromatic rings. The number of furan rings is 2. The first-order valence-corrected chi connectivity index (χ1v) is 40.2. The van der Waals surface area contributed by atoms with Gasteiger partial charge < -0.3 is 56.2 Å². The summed E-state index contributed by atoms with van der Waals surface area (Å²) in [6.07, 6.45) is -0.0564. The van der Waals surface area contributed by atoms with Gasteiger partial charge in [0.25, 0.3) is 23.6 Å². The molecule has 2 aromatic heterocycles. The van der Waals surface area contributed by atoms with Crippen LogP contribution in [0, 0.1) is 55.4 Å². The summed E-state index contributed by atoms with van der Waals surface area (Å²) < 4.78 is 78.3. The Hall–Kier alpha value is -14.9. The highest BCUT2D eigenvalue weighted by Gasteiger charge is 2.49. The Labute approximate surface area is 697 Å². The van der Waals surface area contributed by atoms with Gasteiger partial charge >= 0.3 is 11.9 Å². The normalized spacial score (nSPS) is 15.3. The van der Waals surface area contributed by atoms with Crippen LogP contribution in [0.5, 0.6) is 69.0 Å². The number of fused-ring (bicyclic) bond motifs is 8. The number of epoxide rings is 2. The molecule has 0 spiro atoms. The number of aryl methyl sites for hydroxylation is 8. The van der Waals surface area contributed by atoms with Crippen LogP contribution in [-0.2, 0) is 19.1 Å². The molecule has 20 nitrogen and oxygen atoms in total. The lowest BCUT2D eigenvalue weighted by Gasteiger charge is -2.35. The molecule has 0 bridgehead atoms. The molecule has 2 fully saturated rings. The summed E-state index contributed by atoms with van der Waals surface area (Å²) in [6, 6.07) is 63.5. The van der Waals surface area contributed by atoms with E-state index < -0.39 is 47.7 Å². The maximum absolute atomic E-state index is 17.1. The maximum atomic E-state index is 17.1. The number of ether oxygens (including phenoxy) is 10. The fourth-order valence-corrected chi connectivity index (χ4v) is 17.7. The monoisotopic (exact) mass is 1610 g/mol. The van der Waals surface area contributed by atoms with Crippen molar-refractivity contribution in [2.45, 2.75) is 79.7 Å². The molecule has 0 N–H and O–H groups in total. The van der Waals surface area contributed by atoms with E-state index in [-0.39, 0.29) is 123 Å². The number of amides is 4. The van der Waals surface area contributed by atoms with E-state index in [4.69, 9.17) is 56.2 Å². The van der Waals surface area contributed by atoms with Gasteiger partial charge in [0.2, 0.25) is 0 Å². The molecule has 20 heteroatoms. The summed E-state index contributed by atoms with van der Waals surface area (Å²) in [5.74, 6) is -3.09. The smallest absolute Gasteiger partial charge is 0.339 e. The van der Waals surface area contributed by atoms with Crippen molar-refractivity contribution in [2.75, 3.05) is 26.4 Å². The summed E-state index contributed by atoms with van der Waals surface area (Å²) in [5.41, 5.74) is 8.48. The molecule has 0 radical (unpaired) electrons. The molecule has 4 unspecified atom stereocenters. The van der Waals surface area contributed by atoms with E-state index in [0.717, 1.165) is 65.1 Å². The third-order valence-corrected chi connectivity index (χ3v) is 22.8. The molecular formula is C102H74N2O18. The standard InChI is InChI=1S/C102H74N2O18/c1-51-29-52(2)34-65(33-51)115-83-43-75-87-76(98(106)103(97(75)105)95(59-17-27-73-71-13-9-11-15-79(71)121-81(73)41-59)101(109)119-63-23-19-61(20-24-63)111-47-69-49-113-69)45-85(117-67-37-55(5)31-56(6)38-67)91-92-86(118-68-39-57(7)32-58(8)40-68)46-78-88-77(44-84(90(94(88)92)89(83)93(87)91)116-66-35-53(3)30-54(4)36-66)99(107)104(100(78)108)96(60-18-28-74-72-14-10-12-16-80(72)122-82(74)42-60)102(110)120-64-25-21-62(22-26-64)112-48-70-50-114-70/h9-46,69-70,95-96H,47-50H2,1-8H3. The zero-order valence-corrected chi connectivity index (χ0v) is 67.3. The molecule has 0 saturated carbocycles. The molecule has 2 saturated heterocycles. The molecule has 4 aliphatic heterocycles. The number of rotatable bonds is 22. The lowest BCUT2D eigenvalue weighted by molar-refractivity contribution is -0.139. The fourth-order valence-electron chi connectivity index (χ4n) is 17.7. The highest BCUT2D eigenvalue weighted by atomic mass is 16.6. The lowest BCUT2D eigenvalue weighted by Crippen LogP contribution is -2.47. The Kier molecular flexibility index (Phi) is 17.8. The highest BCUT2D eigenvalue weighted by molar-refractivity contribution is 6.45. The number of nitrogens with zero attached hydrogens (tertiary/aromatic N) is 2. The average Bonchev–Trinajstić information content (AvgIpc) is 0.725. The minimum Gasteiger partial charge on any atom is -0.491 e. The van der Waals surface area contributed by atoms with Gasteiger partial charge in [0, 0.05) is 64.6 Å². The van der Waals surface area contributed by atoms with Gasteiger partial charge in [-0.25, -0.2) is 9.59 Å². The summed E-state index contributed by atoms with van der Waals surface area (Å²) in [4.78, 5) is 102. The zero-order chi connectivity index (χ0) is 83.4. The molecule has 600 valence electrons. The number of benzene rings is 15. The van der Waals surface area contributed by atoms with Crippen LogP contribution in [-0.4, -0.2) is 84.0 Å². The molecule has 0 aliphatic carbocycles. The topological polar surface area (TPSA) is 234 Å². The second-order valence-electron chi connectivity index (χ2n) is 32.2. The van der Waals surface area contributed by atoms with Crippen LogP contribution in [0.1, 0.15) is 109 Å². The summed E-state index contributed by atoms with van der Waals surface area (Å²) in [7, 11) is 0. The van der Waals surface area contributed by atoms with E-state index in [1.165, 1.54) is 0 Å². The van der Waals surface area contributed by atoms with Crippen LogP contribution < -0.4 is 37.9 Å². The maximum Gasteiger partial charge on any atom is 0.339 e. The van der Waals surface area contributed by atoms with E-state index in [9.17, 15) is 0 Å². The van der Waals surface area contributed by atoms with Gasteiger partial charge in [-0.05, 0) is 257 Å². The third kappa shape index (κ3) is 13.3. The van der Waals surface area contributed by atoms with Gasteiger partial charge in [0.05, 0.1) is 35.5 Å². The van der Waals surface area contributed by atoms with Crippen molar-refractivity contribution in [3.8, 4) is 69.0 Å². The first-order valence-electron chi connectivity index (χ1n) is 40.2. The highest BCUT2D eigenvalue weighted by Crippen LogP contribution is 2.59. The van der Waals surface area contributed by atoms with Crippen LogP contribution in [0.3, 0.4) is 0 Å². The van der Waals surface area contributed by atoms with Crippen LogP contribution in [0.15, 0.2) is 239 Å². The Morgan fingerprint density at radius 2 is 0.590 bits per heavy atom. The van der Waals surface area contributed by atoms with Gasteiger partial charge in [0.1, 0.15) is 117 Å². The van der Waals surface area contributed by atoms with E-state index in [2.05, 4.69) is 0 Å². The largest absolute Gasteiger partial charge is 0.491 e. The molecule has 21 rings (SSSR count). The SMILES string of the molecule is Cc1cc(C)cc(Oc2cc3c4c(cc(Oc5cc(C)cc(C)c5)c5c6c(Oc7cc(C)cc(C)c7)cc7c8c(cc(Oc9cc(C)cc(C)c9)c(c2c45)c86)C(=O)N(C(C(=O)Oc2ccc(OCC4CO4)cc2)c2ccc4c(c2)oc2ccccc24)C7=O)C(=O)N(C(C(=O)Oc2ccc(OCC4CO4)cc2)c2ccc4c(c2)oc2ccccc24)C3=O)c1. The van der Waals surface area contributed by atoms with Crippen molar-refractivity contribution >= 4 is 123 Å². The lowest BCUT2D eigenvalue weighted by atomic mass is 9.80. The van der Waals surface area contributed by atoms with Gasteiger partial charge in [-0.15, -0.1) is 0 Å². The zero-order valence-electron chi connectivity index (χ0n) is 67.3. The first kappa shape index (κ1) is 74.7. The number of hydrogen-bond donors (Lipinski definition) is 0.